The van der Waals surface area contributed by atoms with E-state index < -0.39 is 11.5 Å². The molecule has 0 unspecified atom stereocenters. The lowest BCUT2D eigenvalue weighted by Gasteiger charge is -2.37. The molecular formula is C14H24N2O3. The molecule has 5 nitrogen and oxygen atoms in total. The van der Waals surface area contributed by atoms with Gasteiger partial charge in [-0.1, -0.05) is 13.3 Å². The number of aliphatic carboxylic acids is 1. The molecule has 2 fully saturated rings. The predicted molar refractivity (Wildman–Crippen MR) is 71.8 cm³/mol. The summed E-state index contributed by atoms with van der Waals surface area (Å²) < 4.78 is 0. The van der Waals surface area contributed by atoms with Gasteiger partial charge in [-0.3, -0.25) is 4.79 Å². The zero-order chi connectivity index (χ0) is 13.9. The van der Waals surface area contributed by atoms with Crippen LogP contribution in [-0.2, 0) is 9.59 Å². The van der Waals surface area contributed by atoms with Crippen LogP contribution < -0.4 is 10.6 Å². The molecule has 2 rings (SSSR count). The molecule has 0 bridgehead atoms. The fraction of sp³-hybridized carbons (Fsp3) is 0.857. The van der Waals surface area contributed by atoms with Crippen LogP contribution in [-0.4, -0.2) is 35.1 Å². The van der Waals surface area contributed by atoms with Crippen LogP contribution in [0, 0.1) is 5.92 Å². The Balaban J connectivity index is 2.00. The predicted octanol–water partition coefficient (Wildman–Crippen LogP) is 1.28. The summed E-state index contributed by atoms with van der Waals surface area (Å²) in [4.78, 5) is 23.8. The number of rotatable bonds is 3. The van der Waals surface area contributed by atoms with Crippen molar-refractivity contribution in [2.75, 3.05) is 6.54 Å². The van der Waals surface area contributed by atoms with Crippen LogP contribution in [0.2, 0.25) is 0 Å². The highest BCUT2D eigenvalue weighted by molar-refractivity contribution is 5.89. The van der Waals surface area contributed by atoms with E-state index in [1.54, 1.807) is 0 Å². The molecule has 1 saturated carbocycles. The molecule has 3 N–H and O–H groups in total. The number of carbonyl (C=O) groups excluding carboxylic acids is 1. The van der Waals surface area contributed by atoms with E-state index in [0.717, 1.165) is 38.6 Å². The maximum atomic E-state index is 12.2. The third-order valence-electron chi connectivity index (χ3n) is 4.53. The Hall–Kier alpha value is -1.10. The van der Waals surface area contributed by atoms with E-state index >= 15 is 0 Å². The SMILES string of the molecule is CC1CCC(NC(=O)[C@H]2CCCCN2)(C(=O)O)CC1. The lowest BCUT2D eigenvalue weighted by atomic mass is 9.77. The van der Waals surface area contributed by atoms with Crippen LogP contribution in [0.3, 0.4) is 0 Å². The average molecular weight is 268 g/mol. The quantitative estimate of drug-likeness (QED) is 0.720. The van der Waals surface area contributed by atoms with Gasteiger partial charge < -0.3 is 15.7 Å². The Kier molecular flexibility index (Phi) is 4.45. The van der Waals surface area contributed by atoms with Gasteiger partial charge in [-0.25, -0.2) is 4.79 Å². The topological polar surface area (TPSA) is 78.4 Å². The summed E-state index contributed by atoms with van der Waals surface area (Å²) in [6.07, 6.45) is 5.74. The van der Waals surface area contributed by atoms with E-state index in [1.165, 1.54) is 0 Å². The maximum absolute atomic E-state index is 12.2. The second-order valence-corrected chi connectivity index (χ2v) is 6.06. The van der Waals surface area contributed by atoms with Crippen molar-refractivity contribution in [2.45, 2.75) is 63.5 Å². The Morgan fingerprint density at radius 2 is 1.89 bits per heavy atom. The number of hydrogen-bond acceptors (Lipinski definition) is 3. The lowest BCUT2D eigenvalue weighted by Crippen LogP contribution is -2.60. The Morgan fingerprint density at radius 1 is 1.21 bits per heavy atom. The van der Waals surface area contributed by atoms with Crippen molar-refractivity contribution in [1.82, 2.24) is 10.6 Å². The average Bonchev–Trinajstić information content (AvgIpc) is 2.42. The minimum Gasteiger partial charge on any atom is -0.480 e. The van der Waals surface area contributed by atoms with E-state index in [4.69, 9.17) is 0 Å². The van der Waals surface area contributed by atoms with E-state index in [-0.39, 0.29) is 11.9 Å². The molecule has 0 aromatic rings. The Bertz CT molecular complexity index is 343. The molecule has 1 atom stereocenters. The highest BCUT2D eigenvalue weighted by atomic mass is 16.4. The van der Waals surface area contributed by atoms with E-state index in [2.05, 4.69) is 17.6 Å². The molecule has 1 aliphatic heterocycles. The number of carboxylic acids is 1. The van der Waals surface area contributed by atoms with Crippen LogP contribution in [0.15, 0.2) is 0 Å². The van der Waals surface area contributed by atoms with Gasteiger partial charge >= 0.3 is 5.97 Å². The zero-order valence-corrected chi connectivity index (χ0v) is 11.6. The third-order valence-corrected chi connectivity index (χ3v) is 4.53. The summed E-state index contributed by atoms with van der Waals surface area (Å²) in [5.74, 6) is -0.475. The summed E-state index contributed by atoms with van der Waals surface area (Å²) >= 11 is 0. The van der Waals surface area contributed by atoms with Crippen molar-refractivity contribution in [1.29, 1.82) is 0 Å². The first kappa shape index (κ1) is 14.3. The lowest BCUT2D eigenvalue weighted by molar-refractivity contribution is -0.150. The molecule has 1 amide bonds. The van der Waals surface area contributed by atoms with Gasteiger partial charge in [0.15, 0.2) is 0 Å². The molecule has 19 heavy (non-hydrogen) atoms. The second-order valence-electron chi connectivity index (χ2n) is 6.06. The van der Waals surface area contributed by atoms with Gasteiger partial charge in [-0.2, -0.15) is 0 Å². The highest BCUT2D eigenvalue weighted by Gasteiger charge is 2.43. The zero-order valence-electron chi connectivity index (χ0n) is 11.6. The van der Waals surface area contributed by atoms with Crippen LogP contribution in [0.4, 0.5) is 0 Å². The molecule has 1 saturated heterocycles. The Morgan fingerprint density at radius 3 is 2.42 bits per heavy atom. The van der Waals surface area contributed by atoms with Gasteiger partial charge in [0.1, 0.15) is 5.54 Å². The largest absolute Gasteiger partial charge is 0.480 e. The first-order valence-corrected chi connectivity index (χ1v) is 7.32. The van der Waals surface area contributed by atoms with Crippen LogP contribution in [0.25, 0.3) is 0 Å². The van der Waals surface area contributed by atoms with Gasteiger partial charge in [0.25, 0.3) is 0 Å². The first-order valence-electron chi connectivity index (χ1n) is 7.32. The third kappa shape index (κ3) is 3.26. The molecule has 2 aliphatic rings. The van der Waals surface area contributed by atoms with Crippen LogP contribution in [0.5, 0.6) is 0 Å². The van der Waals surface area contributed by atoms with Gasteiger partial charge in [-0.15, -0.1) is 0 Å². The van der Waals surface area contributed by atoms with Gasteiger partial charge in [-0.05, 0) is 51.0 Å². The first-order chi connectivity index (χ1) is 9.03. The maximum Gasteiger partial charge on any atom is 0.329 e. The summed E-state index contributed by atoms with van der Waals surface area (Å²) in [7, 11) is 0. The minimum absolute atomic E-state index is 0.142. The number of carboxylic acid groups (broad SMARTS) is 1. The minimum atomic E-state index is -1.04. The van der Waals surface area contributed by atoms with Crippen molar-refractivity contribution >= 4 is 11.9 Å². The summed E-state index contributed by atoms with van der Waals surface area (Å²) in [6.45, 7) is 2.98. The van der Waals surface area contributed by atoms with Crippen molar-refractivity contribution < 1.29 is 14.7 Å². The molecular weight excluding hydrogens is 244 g/mol. The fourth-order valence-corrected chi connectivity index (χ4v) is 3.05. The molecule has 1 aliphatic carbocycles. The molecule has 1 heterocycles. The summed E-state index contributed by atoms with van der Waals surface area (Å²) in [5, 5.41) is 15.5. The molecule has 0 radical (unpaired) electrons. The smallest absolute Gasteiger partial charge is 0.329 e. The number of hydrogen-bond donors (Lipinski definition) is 3. The number of piperidine rings is 1. The number of carbonyl (C=O) groups is 2. The molecule has 0 spiro atoms. The molecule has 108 valence electrons. The summed E-state index contributed by atoms with van der Waals surface area (Å²) in [6, 6.07) is -0.218. The van der Waals surface area contributed by atoms with Crippen molar-refractivity contribution in [3.05, 3.63) is 0 Å². The van der Waals surface area contributed by atoms with E-state index in [1.807, 2.05) is 0 Å². The van der Waals surface area contributed by atoms with Gasteiger partial charge in [0.2, 0.25) is 5.91 Å². The van der Waals surface area contributed by atoms with Crippen LogP contribution in [0.1, 0.15) is 51.9 Å². The van der Waals surface area contributed by atoms with E-state index in [0.29, 0.717) is 18.8 Å². The van der Waals surface area contributed by atoms with Crippen molar-refractivity contribution in [3.8, 4) is 0 Å². The molecule has 0 aromatic carbocycles. The molecule has 5 heteroatoms. The standard InChI is InChI=1S/C14H24N2O3/c1-10-5-7-14(8-6-10,13(18)19)16-12(17)11-4-2-3-9-15-11/h10-11,15H,2-9H2,1H3,(H,16,17)(H,18,19)/t10?,11-,14?/m1/s1. The highest BCUT2D eigenvalue weighted by Crippen LogP contribution is 2.32. The van der Waals surface area contributed by atoms with Crippen LogP contribution >= 0.6 is 0 Å². The number of nitrogens with one attached hydrogen (secondary N) is 2. The van der Waals surface area contributed by atoms with Gasteiger partial charge in [0.05, 0.1) is 6.04 Å². The monoisotopic (exact) mass is 268 g/mol. The molecule has 0 aromatic heterocycles. The summed E-state index contributed by atoms with van der Waals surface area (Å²) in [5.41, 5.74) is -1.04. The van der Waals surface area contributed by atoms with Gasteiger partial charge in [0, 0.05) is 0 Å². The normalized spacial score (nSPS) is 35.6. The fourth-order valence-electron chi connectivity index (χ4n) is 3.05. The van der Waals surface area contributed by atoms with Crippen molar-refractivity contribution in [3.63, 3.8) is 0 Å². The number of amides is 1. The van der Waals surface area contributed by atoms with E-state index in [9.17, 15) is 14.7 Å². The second kappa shape index (κ2) is 5.90. The Labute approximate surface area is 114 Å². The van der Waals surface area contributed by atoms with Crippen molar-refractivity contribution in [2.24, 2.45) is 5.92 Å².